The molecule has 0 amide bonds. The van der Waals surface area contributed by atoms with Gasteiger partial charge in [-0.05, 0) is 29.8 Å². The number of halogens is 3. The van der Waals surface area contributed by atoms with Gasteiger partial charge in [-0.3, -0.25) is 4.99 Å². The third kappa shape index (κ3) is 9.04. The van der Waals surface area contributed by atoms with Gasteiger partial charge in [0.25, 0.3) is 0 Å². The molecule has 0 atom stereocenters. The zero-order valence-electron chi connectivity index (χ0n) is 17.0. The first-order valence-electron chi connectivity index (χ1n) is 9.37. The SMILES string of the molecule is CN=C(NCc1ccc(OCC(F)(F)F)cc1)Nc1cccc(OCCCOC)c1. The molecular formula is C21H26F3N3O3. The highest BCUT2D eigenvalue weighted by atomic mass is 19.4. The summed E-state index contributed by atoms with van der Waals surface area (Å²) in [6.07, 6.45) is -3.55. The number of hydrogen-bond acceptors (Lipinski definition) is 4. The zero-order valence-corrected chi connectivity index (χ0v) is 17.0. The second-order valence-electron chi connectivity index (χ2n) is 6.32. The minimum atomic E-state index is -4.36. The molecule has 0 radical (unpaired) electrons. The maximum absolute atomic E-state index is 12.2. The van der Waals surface area contributed by atoms with Gasteiger partial charge < -0.3 is 24.8 Å². The molecule has 2 rings (SSSR count). The van der Waals surface area contributed by atoms with Crippen molar-refractivity contribution in [3.05, 3.63) is 54.1 Å². The maximum atomic E-state index is 12.2. The molecule has 9 heteroatoms. The largest absolute Gasteiger partial charge is 0.493 e. The molecular weight excluding hydrogens is 399 g/mol. The Kier molecular flexibility index (Phi) is 9.27. The van der Waals surface area contributed by atoms with Gasteiger partial charge in [0.1, 0.15) is 11.5 Å². The van der Waals surface area contributed by atoms with Crippen molar-refractivity contribution in [3.8, 4) is 11.5 Å². The average molecular weight is 425 g/mol. The Bertz CT molecular complexity index is 796. The Labute approximate surface area is 174 Å². The van der Waals surface area contributed by atoms with Crippen LogP contribution in [-0.4, -0.2) is 46.1 Å². The van der Waals surface area contributed by atoms with E-state index in [1.165, 1.54) is 12.1 Å². The lowest BCUT2D eigenvalue weighted by molar-refractivity contribution is -0.153. The van der Waals surface area contributed by atoms with Crippen LogP contribution in [0.4, 0.5) is 18.9 Å². The third-order valence-corrected chi connectivity index (χ3v) is 3.87. The van der Waals surface area contributed by atoms with Gasteiger partial charge in [0.2, 0.25) is 0 Å². The van der Waals surface area contributed by atoms with Gasteiger partial charge in [-0.1, -0.05) is 18.2 Å². The summed E-state index contributed by atoms with van der Waals surface area (Å²) in [5.74, 6) is 1.45. The van der Waals surface area contributed by atoms with Gasteiger partial charge in [0.05, 0.1) is 6.61 Å². The van der Waals surface area contributed by atoms with Gasteiger partial charge in [0.15, 0.2) is 12.6 Å². The topological polar surface area (TPSA) is 64.1 Å². The summed E-state index contributed by atoms with van der Waals surface area (Å²) >= 11 is 0. The number of guanidine groups is 1. The second-order valence-corrected chi connectivity index (χ2v) is 6.32. The van der Waals surface area contributed by atoms with Crippen LogP contribution in [0.1, 0.15) is 12.0 Å². The molecule has 0 saturated heterocycles. The van der Waals surface area contributed by atoms with Gasteiger partial charge >= 0.3 is 6.18 Å². The highest BCUT2D eigenvalue weighted by molar-refractivity contribution is 5.93. The molecule has 0 unspecified atom stereocenters. The van der Waals surface area contributed by atoms with Crippen molar-refractivity contribution in [2.24, 2.45) is 4.99 Å². The van der Waals surface area contributed by atoms with Gasteiger partial charge in [-0.25, -0.2) is 0 Å². The summed E-state index contributed by atoms with van der Waals surface area (Å²) < 4.78 is 52.0. The van der Waals surface area contributed by atoms with Crippen molar-refractivity contribution in [3.63, 3.8) is 0 Å². The van der Waals surface area contributed by atoms with E-state index in [9.17, 15) is 13.2 Å². The van der Waals surface area contributed by atoms with E-state index >= 15 is 0 Å². The fourth-order valence-corrected chi connectivity index (χ4v) is 2.43. The molecule has 0 aromatic heterocycles. The summed E-state index contributed by atoms with van der Waals surface area (Å²) in [5.41, 5.74) is 1.68. The van der Waals surface area contributed by atoms with Crippen LogP contribution in [0.25, 0.3) is 0 Å². The number of aliphatic imine (C=N–C) groups is 1. The van der Waals surface area contributed by atoms with Crippen LogP contribution in [-0.2, 0) is 11.3 Å². The summed E-state index contributed by atoms with van der Waals surface area (Å²) in [6, 6.07) is 13.9. The minimum Gasteiger partial charge on any atom is -0.493 e. The lowest BCUT2D eigenvalue weighted by atomic mass is 10.2. The predicted molar refractivity (Wildman–Crippen MR) is 110 cm³/mol. The number of anilines is 1. The normalized spacial score (nSPS) is 11.8. The maximum Gasteiger partial charge on any atom is 0.422 e. The first-order valence-corrected chi connectivity index (χ1v) is 9.37. The van der Waals surface area contributed by atoms with E-state index in [2.05, 4.69) is 15.6 Å². The summed E-state index contributed by atoms with van der Waals surface area (Å²) in [5, 5.41) is 6.32. The lowest BCUT2D eigenvalue weighted by Gasteiger charge is -2.14. The molecule has 0 bridgehead atoms. The Morgan fingerprint density at radius 1 is 1.00 bits per heavy atom. The van der Waals surface area contributed by atoms with Gasteiger partial charge in [-0.2, -0.15) is 13.2 Å². The monoisotopic (exact) mass is 425 g/mol. The van der Waals surface area contributed by atoms with Crippen molar-refractivity contribution in [2.45, 2.75) is 19.1 Å². The first kappa shape index (κ1) is 23.3. The van der Waals surface area contributed by atoms with Gasteiger partial charge in [0, 0.05) is 45.5 Å². The molecule has 164 valence electrons. The number of nitrogens with zero attached hydrogens (tertiary/aromatic N) is 1. The molecule has 6 nitrogen and oxygen atoms in total. The Morgan fingerprint density at radius 3 is 2.43 bits per heavy atom. The zero-order chi connectivity index (χ0) is 21.8. The summed E-state index contributed by atoms with van der Waals surface area (Å²) in [6.45, 7) is 0.333. The van der Waals surface area contributed by atoms with Crippen molar-refractivity contribution in [2.75, 3.05) is 39.3 Å². The fourth-order valence-electron chi connectivity index (χ4n) is 2.43. The average Bonchev–Trinajstić information content (AvgIpc) is 2.73. The molecule has 0 spiro atoms. The van der Waals surface area contributed by atoms with Crippen LogP contribution in [0.3, 0.4) is 0 Å². The molecule has 2 aromatic carbocycles. The fraction of sp³-hybridized carbons (Fsp3) is 0.381. The van der Waals surface area contributed by atoms with Crippen LogP contribution in [0.5, 0.6) is 11.5 Å². The standard InChI is InChI=1S/C21H26F3N3O3/c1-25-20(27-17-5-3-6-19(13-17)29-12-4-11-28-2)26-14-16-7-9-18(10-8-16)30-15-21(22,23)24/h3,5-10,13H,4,11-12,14-15H2,1-2H3,(H2,25,26,27). The van der Waals surface area contributed by atoms with E-state index in [0.29, 0.717) is 25.7 Å². The Balaban J connectivity index is 1.83. The number of ether oxygens (including phenoxy) is 3. The van der Waals surface area contributed by atoms with E-state index in [4.69, 9.17) is 14.2 Å². The number of rotatable bonds is 10. The molecule has 0 saturated carbocycles. The molecule has 2 aromatic rings. The highest BCUT2D eigenvalue weighted by Gasteiger charge is 2.28. The molecule has 0 fully saturated rings. The third-order valence-electron chi connectivity index (χ3n) is 3.87. The summed E-state index contributed by atoms with van der Waals surface area (Å²) in [7, 11) is 3.30. The van der Waals surface area contributed by atoms with E-state index in [0.717, 1.165) is 23.4 Å². The number of methoxy groups -OCH3 is 1. The Morgan fingerprint density at radius 2 is 1.77 bits per heavy atom. The molecule has 30 heavy (non-hydrogen) atoms. The number of benzene rings is 2. The Hall–Kier alpha value is -2.94. The van der Waals surface area contributed by atoms with Crippen LogP contribution in [0, 0.1) is 0 Å². The highest BCUT2D eigenvalue weighted by Crippen LogP contribution is 2.19. The molecule has 0 aliphatic carbocycles. The van der Waals surface area contributed by atoms with Crippen molar-refractivity contribution < 1.29 is 27.4 Å². The second kappa shape index (κ2) is 11.9. The van der Waals surface area contributed by atoms with Crippen molar-refractivity contribution in [1.29, 1.82) is 0 Å². The molecule has 2 N–H and O–H groups in total. The number of nitrogens with one attached hydrogen (secondary N) is 2. The smallest absolute Gasteiger partial charge is 0.422 e. The number of hydrogen-bond donors (Lipinski definition) is 2. The minimum absolute atomic E-state index is 0.167. The molecule has 0 heterocycles. The van der Waals surface area contributed by atoms with Crippen LogP contribution in [0.15, 0.2) is 53.5 Å². The van der Waals surface area contributed by atoms with Crippen LogP contribution in [0.2, 0.25) is 0 Å². The van der Waals surface area contributed by atoms with Crippen LogP contribution < -0.4 is 20.1 Å². The van der Waals surface area contributed by atoms with Crippen molar-refractivity contribution >= 4 is 11.6 Å². The van der Waals surface area contributed by atoms with E-state index in [1.54, 1.807) is 26.3 Å². The van der Waals surface area contributed by atoms with E-state index in [1.807, 2.05) is 24.3 Å². The summed E-state index contributed by atoms with van der Waals surface area (Å²) in [4.78, 5) is 4.18. The van der Waals surface area contributed by atoms with E-state index in [-0.39, 0.29) is 5.75 Å². The first-order chi connectivity index (χ1) is 14.4. The van der Waals surface area contributed by atoms with Gasteiger partial charge in [-0.15, -0.1) is 0 Å². The van der Waals surface area contributed by atoms with E-state index < -0.39 is 12.8 Å². The quantitative estimate of drug-likeness (QED) is 0.339. The predicted octanol–water partition coefficient (Wildman–Crippen LogP) is 4.23. The lowest BCUT2D eigenvalue weighted by Crippen LogP contribution is -2.30. The van der Waals surface area contributed by atoms with Crippen LogP contribution >= 0.6 is 0 Å². The molecule has 0 aliphatic rings. The van der Waals surface area contributed by atoms with Crippen molar-refractivity contribution in [1.82, 2.24) is 5.32 Å². The molecule has 0 aliphatic heterocycles. The number of alkyl halides is 3.